The van der Waals surface area contributed by atoms with Gasteiger partial charge in [-0.3, -0.25) is 0 Å². The van der Waals surface area contributed by atoms with Gasteiger partial charge in [-0.1, -0.05) is 0 Å². The predicted molar refractivity (Wildman–Crippen MR) is 30.2 cm³/mol. The SMILES string of the molecule is O=C1O[C@@H]2CCO[C@@H]2[C@@H]1O. The van der Waals surface area contributed by atoms with Gasteiger partial charge in [-0.15, -0.1) is 0 Å². The van der Waals surface area contributed by atoms with E-state index in [0.717, 1.165) is 0 Å². The molecule has 2 aliphatic rings. The molecule has 56 valence electrons. The molecule has 10 heavy (non-hydrogen) atoms. The van der Waals surface area contributed by atoms with E-state index in [2.05, 4.69) is 0 Å². The highest BCUT2D eigenvalue weighted by Crippen LogP contribution is 2.26. The lowest BCUT2D eigenvalue weighted by Crippen LogP contribution is -2.28. The maximum Gasteiger partial charge on any atom is 0.338 e. The van der Waals surface area contributed by atoms with Crippen LogP contribution in [0.15, 0.2) is 0 Å². The Morgan fingerprint density at radius 1 is 1.60 bits per heavy atom. The second-order valence-corrected chi connectivity index (χ2v) is 2.54. The van der Waals surface area contributed by atoms with Gasteiger partial charge in [-0.2, -0.15) is 0 Å². The van der Waals surface area contributed by atoms with Crippen molar-refractivity contribution in [1.82, 2.24) is 0 Å². The third kappa shape index (κ3) is 0.660. The molecule has 0 aliphatic carbocycles. The van der Waals surface area contributed by atoms with E-state index in [1.807, 2.05) is 0 Å². The van der Waals surface area contributed by atoms with Crippen LogP contribution in [0.4, 0.5) is 0 Å². The molecule has 0 bridgehead atoms. The van der Waals surface area contributed by atoms with Gasteiger partial charge in [0.25, 0.3) is 0 Å². The van der Waals surface area contributed by atoms with E-state index in [-0.39, 0.29) is 6.10 Å². The van der Waals surface area contributed by atoms with E-state index in [1.54, 1.807) is 0 Å². The molecule has 4 heteroatoms. The van der Waals surface area contributed by atoms with Crippen LogP contribution in [0.2, 0.25) is 0 Å². The Morgan fingerprint density at radius 2 is 2.40 bits per heavy atom. The first-order valence-electron chi connectivity index (χ1n) is 3.29. The fourth-order valence-electron chi connectivity index (χ4n) is 1.37. The number of carbonyl (C=O) groups excluding carboxylic acids is 1. The Bertz CT molecular complexity index is 167. The number of carbonyl (C=O) groups is 1. The second-order valence-electron chi connectivity index (χ2n) is 2.54. The van der Waals surface area contributed by atoms with E-state index < -0.39 is 18.2 Å². The van der Waals surface area contributed by atoms with Gasteiger partial charge >= 0.3 is 5.97 Å². The molecule has 0 unspecified atom stereocenters. The molecular weight excluding hydrogens is 136 g/mol. The first kappa shape index (κ1) is 6.12. The zero-order chi connectivity index (χ0) is 7.14. The summed E-state index contributed by atoms with van der Waals surface area (Å²) in [5, 5.41) is 9.07. The third-order valence-electron chi connectivity index (χ3n) is 1.90. The van der Waals surface area contributed by atoms with Crippen LogP contribution in [-0.4, -0.2) is 36.0 Å². The molecule has 0 aromatic rings. The van der Waals surface area contributed by atoms with Gasteiger partial charge in [0.05, 0.1) is 6.61 Å². The van der Waals surface area contributed by atoms with Gasteiger partial charge in [0.1, 0.15) is 12.2 Å². The topological polar surface area (TPSA) is 55.8 Å². The minimum Gasteiger partial charge on any atom is -0.457 e. The van der Waals surface area contributed by atoms with Crippen LogP contribution in [0.25, 0.3) is 0 Å². The Balaban J connectivity index is 2.16. The van der Waals surface area contributed by atoms with Crippen molar-refractivity contribution in [3.8, 4) is 0 Å². The summed E-state index contributed by atoms with van der Waals surface area (Å²) < 4.78 is 9.85. The molecule has 1 N–H and O–H groups in total. The lowest BCUT2D eigenvalue weighted by atomic mass is 10.1. The minimum absolute atomic E-state index is 0.192. The molecule has 2 aliphatic heterocycles. The molecule has 0 amide bonds. The summed E-state index contributed by atoms with van der Waals surface area (Å²) in [5.74, 6) is -0.547. The number of esters is 1. The molecule has 0 aromatic heterocycles. The van der Waals surface area contributed by atoms with Gasteiger partial charge in [-0.05, 0) is 0 Å². The fourth-order valence-corrected chi connectivity index (χ4v) is 1.37. The molecule has 2 fully saturated rings. The van der Waals surface area contributed by atoms with Crippen LogP contribution in [0, 0.1) is 0 Å². The molecule has 0 radical (unpaired) electrons. The molecule has 2 heterocycles. The summed E-state index contributed by atoms with van der Waals surface area (Å²) in [6.07, 6.45) is -0.921. The van der Waals surface area contributed by atoms with E-state index in [0.29, 0.717) is 13.0 Å². The van der Waals surface area contributed by atoms with Crippen molar-refractivity contribution in [2.45, 2.75) is 24.7 Å². The molecule has 0 spiro atoms. The highest BCUT2D eigenvalue weighted by Gasteiger charge is 2.47. The highest BCUT2D eigenvalue weighted by molar-refractivity contribution is 5.77. The summed E-state index contributed by atoms with van der Waals surface area (Å²) in [5.41, 5.74) is 0. The zero-order valence-electron chi connectivity index (χ0n) is 5.32. The summed E-state index contributed by atoms with van der Waals surface area (Å²) in [6, 6.07) is 0. The summed E-state index contributed by atoms with van der Waals surface area (Å²) in [6.45, 7) is 0.583. The van der Waals surface area contributed by atoms with Crippen LogP contribution in [0.1, 0.15) is 6.42 Å². The summed E-state index contributed by atoms with van der Waals surface area (Å²) in [7, 11) is 0. The third-order valence-corrected chi connectivity index (χ3v) is 1.90. The Hall–Kier alpha value is -0.610. The lowest BCUT2D eigenvalue weighted by molar-refractivity contribution is -0.148. The van der Waals surface area contributed by atoms with Crippen LogP contribution in [0.3, 0.4) is 0 Å². The van der Waals surface area contributed by atoms with Gasteiger partial charge in [0.2, 0.25) is 0 Å². The van der Waals surface area contributed by atoms with E-state index in [9.17, 15) is 4.79 Å². The number of hydrogen-bond acceptors (Lipinski definition) is 4. The Kier molecular flexibility index (Phi) is 1.18. The number of rotatable bonds is 0. The number of aliphatic hydroxyl groups is 1. The van der Waals surface area contributed by atoms with Gasteiger partial charge < -0.3 is 14.6 Å². The highest BCUT2D eigenvalue weighted by atomic mass is 16.6. The Morgan fingerprint density at radius 3 is 3.10 bits per heavy atom. The number of hydrogen-bond donors (Lipinski definition) is 1. The molecule has 0 aromatic carbocycles. The van der Waals surface area contributed by atoms with Crippen molar-refractivity contribution in [2.75, 3.05) is 6.61 Å². The average molecular weight is 144 g/mol. The summed E-state index contributed by atoms with van der Waals surface area (Å²) in [4.78, 5) is 10.6. The average Bonchev–Trinajstić information content (AvgIpc) is 2.41. The molecule has 0 saturated carbocycles. The van der Waals surface area contributed by atoms with Crippen molar-refractivity contribution in [3.63, 3.8) is 0 Å². The van der Waals surface area contributed by atoms with Crippen molar-refractivity contribution in [1.29, 1.82) is 0 Å². The van der Waals surface area contributed by atoms with E-state index >= 15 is 0 Å². The maximum atomic E-state index is 10.6. The van der Waals surface area contributed by atoms with Crippen LogP contribution in [-0.2, 0) is 14.3 Å². The molecule has 3 atom stereocenters. The van der Waals surface area contributed by atoms with Crippen LogP contribution < -0.4 is 0 Å². The first-order valence-corrected chi connectivity index (χ1v) is 3.29. The predicted octanol–water partition coefficient (Wildman–Crippen LogP) is -0.938. The number of ether oxygens (including phenoxy) is 2. The maximum absolute atomic E-state index is 10.6. The normalized spacial score (nSPS) is 45.3. The van der Waals surface area contributed by atoms with E-state index in [1.165, 1.54) is 0 Å². The van der Waals surface area contributed by atoms with Gasteiger partial charge in [0, 0.05) is 6.42 Å². The summed E-state index contributed by atoms with van der Waals surface area (Å²) >= 11 is 0. The minimum atomic E-state index is -1.05. The van der Waals surface area contributed by atoms with Gasteiger partial charge in [0.15, 0.2) is 6.10 Å². The standard InChI is InChI=1S/C6H8O4/c7-4-5-3(1-2-9-5)10-6(4)8/h3-5,7H,1-2H2/t3-,4+,5+/m1/s1. The largest absolute Gasteiger partial charge is 0.457 e. The molecular formula is C6H8O4. The smallest absolute Gasteiger partial charge is 0.338 e. The quantitative estimate of drug-likeness (QED) is 0.446. The van der Waals surface area contributed by atoms with Gasteiger partial charge in [-0.25, -0.2) is 4.79 Å². The van der Waals surface area contributed by atoms with Crippen LogP contribution >= 0.6 is 0 Å². The molecule has 2 saturated heterocycles. The van der Waals surface area contributed by atoms with Crippen molar-refractivity contribution in [2.24, 2.45) is 0 Å². The van der Waals surface area contributed by atoms with Crippen LogP contribution in [0.5, 0.6) is 0 Å². The number of aliphatic hydroxyl groups excluding tert-OH is 1. The monoisotopic (exact) mass is 144 g/mol. The molecule has 2 rings (SSSR count). The lowest BCUT2D eigenvalue weighted by Gasteiger charge is -2.05. The Labute approximate surface area is 57.7 Å². The fraction of sp³-hybridized carbons (Fsp3) is 0.833. The molecule has 4 nitrogen and oxygen atoms in total. The van der Waals surface area contributed by atoms with Crippen molar-refractivity contribution < 1.29 is 19.4 Å². The van der Waals surface area contributed by atoms with Crippen molar-refractivity contribution >= 4 is 5.97 Å². The van der Waals surface area contributed by atoms with E-state index in [4.69, 9.17) is 14.6 Å². The second kappa shape index (κ2) is 1.93. The first-order chi connectivity index (χ1) is 4.79. The number of fused-ring (bicyclic) bond motifs is 1. The van der Waals surface area contributed by atoms with Crippen molar-refractivity contribution in [3.05, 3.63) is 0 Å². The zero-order valence-corrected chi connectivity index (χ0v) is 5.32.